The molecule has 0 heterocycles. The van der Waals surface area contributed by atoms with Gasteiger partial charge in [0.05, 0.1) is 6.61 Å². The largest absolute Gasteiger partial charge is 0.493 e. The van der Waals surface area contributed by atoms with E-state index in [1.165, 1.54) is 30.0 Å². The van der Waals surface area contributed by atoms with Crippen molar-refractivity contribution >= 4 is 0 Å². The fourth-order valence-electron chi connectivity index (χ4n) is 3.62. The zero-order valence-electron chi connectivity index (χ0n) is 15.1. The van der Waals surface area contributed by atoms with Crippen molar-refractivity contribution in [1.29, 1.82) is 0 Å². The molecule has 0 saturated carbocycles. The lowest BCUT2D eigenvalue weighted by atomic mass is 9.91. The van der Waals surface area contributed by atoms with Crippen molar-refractivity contribution in [3.8, 4) is 5.75 Å². The average molecular weight is 341 g/mol. The summed E-state index contributed by atoms with van der Waals surface area (Å²) in [4.78, 5) is 0. The summed E-state index contributed by atoms with van der Waals surface area (Å²) in [6, 6.07) is 13.3. The number of fused-ring (bicyclic) bond motifs is 1. The molecule has 2 aromatic carbocycles. The fraction of sp³-hybridized carbons (Fsp3) is 0.455. The van der Waals surface area contributed by atoms with Crippen molar-refractivity contribution in [3.63, 3.8) is 0 Å². The highest BCUT2D eigenvalue weighted by atomic mass is 19.1. The second kappa shape index (κ2) is 9.00. The number of hydrogen-bond acceptors (Lipinski definition) is 2. The van der Waals surface area contributed by atoms with Gasteiger partial charge < -0.3 is 10.1 Å². The molecule has 0 amide bonds. The molecule has 1 unspecified atom stereocenters. The van der Waals surface area contributed by atoms with Crippen molar-refractivity contribution in [3.05, 3.63) is 65.0 Å². The van der Waals surface area contributed by atoms with Crippen molar-refractivity contribution in [2.45, 2.75) is 39.0 Å². The Labute approximate surface area is 150 Å². The number of hydrogen-bond donors (Lipinski definition) is 1. The molecule has 0 fully saturated rings. The van der Waals surface area contributed by atoms with Crippen LogP contribution in [0, 0.1) is 11.7 Å². The first-order chi connectivity index (χ1) is 12.3. The van der Waals surface area contributed by atoms with Gasteiger partial charge in [0, 0.05) is 12.5 Å². The van der Waals surface area contributed by atoms with Crippen LogP contribution in [0.15, 0.2) is 42.5 Å². The quantitative estimate of drug-likeness (QED) is 0.760. The molecule has 3 rings (SSSR count). The van der Waals surface area contributed by atoms with Gasteiger partial charge in [-0.05, 0) is 73.5 Å². The zero-order valence-corrected chi connectivity index (χ0v) is 15.1. The maximum Gasteiger partial charge on any atom is 0.123 e. The van der Waals surface area contributed by atoms with Crippen molar-refractivity contribution < 1.29 is 9.13 Å². The van der Waals surface area contributed by atoms with Crippen LogP contribution in [0.25, 0.3) is 0 Å². The van der Waals surface area contributed by atoms with Gasteiger partial charge in [-0.3, -0.25) is 0 Å². The average Bonchev–Trinajstić information content (AvgIpc) is 2.64. The Kier molecular flexibility index (Phi) is 6.46. The number of halogens is 1. The first kappa shape index (κ1) is 17.9. The van der Waals surface area contributed by atoms with E-state index in [1.807, 2.05) is 6.07 Å². The fourth-order valence-corrected chi connectivity index (χ4v) is 3.62. The number of nitrogens with one attached hydrogen (secondary N) is 1. The second-order valence-electron chi connectivity index (χ2n) is 6.92. The molecule has 1 atom stereocenters. The van der Waals surface area contributed by atoms with E-state index in [0.29, 0.717) is 12.5 Å². The zero-order chi connectivity index (χ0) is 17.5. The lowest BCUT2D eigenvalue weighted by Gasteiger charge is -2.22. The molecule has 0 radical (unpaired) electrons. The van der Waals surface area contributed by atoms with Gasteiger partial charge in [0.15, 0.2) is 0 Å². The van der Waals surface area contributed by atoms with Gasteiger partial charge in [-0.25, -0.2) is 4.39 Å². The maximum atomic E-state index is 13.5. The summed E-state index contributed by atoms with van der Waals surface area (Å²) in [5, 5.41) is 3.41. The van der Waals surface area contributed by atoms with Gasteiger partial charge in [0.25, 0.3) is 0 Å². The molecule has 25 heavy (non-hydrogen) atoms. The van der Waals surface area contributed by atoms with Gasteiger partial charge in [-0.15, -0.1) is 0 Å². The molecule has 0 bridgehead atoms. The van der Waals surface area contributed by atoms with Crippen LogP contribution in [0.1, 0.15) is 36.5 Å². The molecule has 1 N–H and O–H groups in total. The van der Waals surface area contributed by atoms with Crippen molar-refractivity contribution in [2.24, 2.45) is 5.92 Å². The molecule has 3 heteroatoms. The molecule has 0 aromatic heterocycles. The summed E-state index contributed by atoms with van der Waals surface area (Å²) in [6.45, 7) is 4.57. The third-order valence-electron chi connectivity index (χ3n) is 4.92. The highest BCUT2D eigenvalue weighted by molar-refractivity contribution is 5.41. The minimum Gasteiger partial charge on any atom is -0.493 e. The molecular weight excluding hydrogens is 313 g/mol. The SMILES string of the molecule is CCNCC(COc1cccc2c1CCCC2)Cc1cccc(F)c1. The molecule has 134 valence electrons. The van der Waals surface area contributed by atoms with Crippen molar-refractivity contribution in [1.82, 2.24) is 5.32 Å². The normalized spacial score (nSPS) is 14.8. The van der Waals surface area contributed by atoms with Gasteiger partial charge in [-0.2, -0.15) is 0 Å². The summed E-state index contributed by atoms with van der Waals surface area (Å²) >= 11 is 0. The third kappa shape index (κ3) is 5.05. The lowest BCUT2D eigenvalue weighted by molar-refractivity contribution is 0.241. The standard InChI is InChI=1S/C22H28FNO/c1-2-24-15-18(13-17-7-5-10-20(23)14-17)16-25-22-12-6-9-19-8-3-4-11-21(19)22/h5-7,9-10,12,14,18,24H,2-4,8,11,13,15-16H2,1H3. The Morgan fingerprint density at radius 3 is 2.80 bits per heavy atom. The van der Waals surface area contributed by atoms with Gasteiger partial charge in [0.1, 0.15) is 11.6 Å². The molecule has 0 saturated heterocycles. The van der Waals surface area contributed by atoms with Crippen LogP contribution in [0.3, 0.4) is 0 Å². The van der Waals surface area contributed by atoms with Crippen LogP contribution in [-0.4, -0.2) is 19.7 Å². The van der Waals surface area contributed by atoms with Crippen LogP contribution < -0.4 is 10.1 Å². The highest BCUT2D eigenvalue weighted by Crippen LogP contribution is 2.30. The van der Waals surface area contributed by atoms with E-state index in [9.17, 15) is 4.39 Å². The van der Waals surface area contributed by atoms with E-state index in [0.717, 1.165) is 43.7 Å². The van der Waals surface area contributed by atoms with E-state index < -0.39 is 0 Å². The van der Waals surface area contributed by atoms with E-state index >= 15 is 0 Å². The summed E-state index contributed by atoms with van der Waals surface area (Å²) < 4.78 is 19.7. The number of aryl methyl sites for hydroxylation is 1. The lowest BCUT2D eigenvalue weighted by Crippen LogP contribution is -2.28. The first-order valence-electron chi connectivity index (χ1n) is 9.45. The van der Waals surface area contributed by atoms with Gasteiger partial charge >= 0.3 is 0 Å². The monoisotopic (exact) mass is 341 g/mol. The highest BCUT2D eigenvalue weighted by Gasteiger charge is 2.16. The Balaban J connectivity index is 1.66. The third-order valence-corrected chi connectivity index (χ3v) is 4.92. The Bertz CT molecular complexity index is 685. The molecule has 2 nitrogen and oxygen atoms in total. The van der Waals surface area contributed by atoms with Crippen LogP contribution >= 0.6 is 0 Å². The maximum absolute atomic E-state index is 13.5. The second-order valence-corrected chi connectivity index (χ2v) is 6.92. The Morgan fingerprint density at radius 2 is 1.96 bits per heavy atom. The van der Waals surface area contributed by atoms with Crippen LogP contribution in [0.4, 0.5) is 4.39 Å². The molecule has 0 aliphatic heterocycles. The van der Waals surface area contributed by atoms with Crippen LogP contribution in [-0.2, 0) is 19.3 Å². The summed E-state index contributed by atoms with van der Waals surface area (Å²) in [6.07, 6.45) is 5.63. The summed E-state index contributed by atoms with van der Waals surface area (Å²) in [5.74, 6) is 1.19. The van der Waals surface area contributed by atoms with Crippen LogP contribution in [0.5, 0.6) is 5.75 Å². The predicted octanol–water partition coefficient (Wildman–Crippen LogP) is 4.55. The molecule has 1 aliphatic carbocycles. The van der Waals surface area contributed by atoms with E-state index in [1.54, 1.807) is 12.1 Å². The number of rotatable bonds is 8. The Hall–Kier alpha value is -1.87. The van der Waals surface area contributed by atoms with Crippen molar-refractivity contribution in [2.75, 3.05) is 19.7 Å². The minimum absolute atomic E-state index is 0.169. The molecule has 1 aliphatic rings. The van der Waals surface area contributed by atoms with E-state index in [2.05, 4.69) is 30.4 Å². The van der Waals surface area contributed by atoms with Gasteiger partial charge in [0.2, 0.25) is 0 Å². The Morgan fingerprint density at radius 1 is 1.12 bits per heavy atom. The molecular formula is C22H28FNO. The molecule has 0 spiro atoms. The number of benzene rings is 2. The summed E-state index contributed by atoms with van der Waals surface area (Å²) in [5.41, 5.74) is 3.86. The minimum atomic E-state index is -0.169. The smallest absolute Gasteiger partial charge is 0.123 e. The van der Waals surface area contributed by atoms with Crippen LogP contribution in [0.2, 0.25) is 0 Å². The topological polar surface area (TPSA) is 21.3 Å². The van der Waals surface area contributed by atoms with Gasteiger partial charge in [-0.1, -0.05) is 31.2 Å². The van der Waals surface area contributed by atoms with E-state index in [4.69, 9.17) is 4.74 Å². The van der Waals surface area contributed by atoms with E-state index in [-0.39, 0.29) is 5.82 Å². The number of ether oxygens (including phenoxy) is 1. The summed E-state index contributed by atoms with van der Waals surface area (Å²) in [7, 11) is 0. The predicted molar refractivity (Wildman–Crippen MR) is 101 cm³/mol. The molecule has 2 aromatic rings. The first-order valence-corrected chi connectivity index (χ1v) is 9.45.